The molecule has 3 unspecified atom stereocenters. The van der Waals surface area contributed by atoms with Crippen molar-refractivity contribution in [2.75, 3.05) is 13.1 Å². The number of hydrogen-bond acceptors (Lipinski definition) is 2. The van der Waals surface area contributed by atoms with Crippen molar-refractivity contribution in [3.63, 3.8) is 0 Å². The molecule has 0 saturated carbocycles. The molecule has 1 aliphatic rings. The highest BCUT2D eigenvalue weighted by molar-refractivity contribution is 4.88. The minimum absolute atomic E-state index is 0.329. The van der Waals surface area contributed by atoms with Gasteiger partial charge in [-0.15, -0.1) is 0 Å². The Balaban J connectivity index is 2.47. The van der Waals surface area contributed by atoms with E-state index < -0.39 is 0 Å². The van der Waals surface area contributed by atoms with Crippen LogP contribution < -0.4 is 5.73 Å². The van der Waals surface area contributed by atoms with E-state index in [2.05, 4.69) is 39.5 Å². The first kappa shape index (κ1) is 12.0. The molecule has 14 heavy (non-hydrogen) atoms. The van der Waals surface area contributed by atoms with Gasteiger partial charge in [-0.25, -0.2) is 0 Å². The second-order valence-corrected chi connectivity index (χ2v) is 5.44. The molecule has 0 aromatic carbocycles. The van der Waals surface area contributed by atoms with Gasteiger partial charge >= 0.3 is 0 Å². The number of likely N-dealkylation sites (tertiary alicyclic amines) is 1. The lowest BCUT2D eigenvalue weighted by Gasteiger charge is -2.27. The zero-order chi connectivity index (χ0) is 10.9. The summed E-state index contributed by atoms with van der Waals surface area (Å²) in [4.78, 5) is 2.56. The van der Waals surface area contributed by atoms with E-state index in [9.17, 15) is 0 Å². The van der Waals surface area contributed by atoms with Gasteiger partial charge in [0.2, 0.25) is 0 Å². The molecule has 84 valence electrons. The molecule has 1 rings (SSSR count). The highest BCUT2D eigenvalue weighted by Gasteiger charge is 2.33. The summed E-state index contributed by atoms with van der Waals surface area (Å²) in [6, 6.07) is 1.03. The van der Waals surface area contributed by atoms with Gasteiger partial charge in [-0.05, 0) is 24.7 Å². The van der Waals surface area contributed by atoms with Crippen LogP contribution in [0.2, 0.25) is 0 Å². The smallest absolute Gasteiger partial charge is 0.0191 e. The van der Waals surface area contributed by atoms with Crippen molar-refractivity contribution in [3.8, 4) is 0 Å². The van der Waals surface area contributed by atoms with Gasteiger partial charge in [-0.3, -0.25) is 4.90 Å². The van der Waals surface area contributed by atoms with Crippen molar-refractivity contribution in [1.82, 2.24) is 4.90 Å². The molecular formula is C12H26N2. The third-order valence-electron chi connectivity index (χ3n) is 4.06. The fraction of sp³-hybridized carbons (Fsp3) is 1.00. The molecular weight excluding hydrogens is 172 g/mol. The van der Waals surface area contributed by atoms with Gasteiger partial charge < -0.3 is 5.73 Å². The van der Waals surface area contributed by atoms with Crippen LogP contribution in [-0.4, -0.2) is 30.1 Å². The Morgan fingerprint density at radius 2 is 1.86 bits per heavy atom. The molecule has 0 spiro atoms. The molecule has 1 saturated heterocycles. The van der Waals surface area contributed by atoms with Gasteiger partial charge in [0, 0.05) is 25.2 Å². The molecule has 0 bridgehead atoms. The van der Waals surface area contributed by atoms with Crippen LogP contribution in [0.1, 0.15) is 34.6 Å². The van der Waals surface area contributed by atoms with Crippen LogP contribution in [0.5, 0.6) is 0 Å². The summed E-state index contributed by atoms with van der Waals surface area (Å²) in [6.45, 7) is 13.7. The van der Waals surface area contributed by atoms with Gasteiger partial charge in [0.15, 0.2) is 0 Å². The van der Waals surface area contributed by atoms with Crippen molar-refractivity contribution in [1.29, 1.82) is 0 Å². The third kappa shape index (κ3) is 2.48. The summed E-state index contributed by atoms with van der Waals surface area (Å²) in [5.41, 5.74) is 6.11. The van der Waals surface area contributed by atoms with Gasteiger partial charge in [-0.2, -0.15) is 0 Å². The second kappa shape index (κ2) is 4.63. The first-order valence-electron chi connectivity index (χ1n) is 5.93. The highest BCUT2D eigenvalue weighted by Crippen LogP contribution is 2.28. The van der Waals surface area contributed by atoms with E-state index in [4.69, 9.17) is 5.73 Å². The van der Waals surface area contributed by atoms with Crippen molar-refractivity contribution >= 4 is 0 Å². The monoisotopic (exact) mass is 198 g/mol. The minimum Gasteiger partial charge on any atom is -0.326 e. The van der Waals surface area contributed by atoms with Crippen molar-refractivity contribution in [3.05, 3.63) is 0 Å². The van der Waals surface area contributed by atoms with E-state index in [0.29, 0.717) is 18.0 Å². The molecule has 1 fully saturated rings. The summed E-state index contributed by atoms with van der Waals surface area (Å²) < 4.78 is 0. The normalized spacial score (nSPS) is 36.6. The van der Waals surface area contributed by atoms with Crippen LogP contribution in [0.15, 0.2) is 0 Å². The van der Waals surface area contributed by atoms with Crippen LogP contribution in [0.3, 0.4) is 0 Å². The molecule has 2 nitrogen and oxygen atoms in total. The molecule has 1 heterocycles. The first-order chi connectivity index (χ1) is 6.43. The predicted octanol–water partition coefficient (Wildman–Crippen LogP) is 1.95. The van der Waals surface area contributed by atoms with Crippen LogP contribution in [-0.2, 0) is 0 Å². The molecule has 1 aliphatic heterocycles. The molecule has 2 heteroatoms. The fourth-order valence-electron chi connectivity index (χ4n) is 2.23. The van der Waals surface area contributed by atoms with Crippen LogP contribution >= 0.6 is 0 Å². The number of nitrogens with zero attached hydrogens (tertiary/aromatic N) is 1. The molecule has 0 aromatic rings. The average Bonchev–Trinajstić information content (AvgIpc) is 2.33. The Morgan fingerprint density at radius 1 is 1.29 bits per heavy atom. The van der Waals surface area contributed by atoms with E-state index >= 15 is 0 Å². The SMILES string of the molecule is CC1CN(C[C@@H](N)C(C)C)C(C)C1C. The lowest BCUT2D eigenvalue weighted by molar-refractivity contribution is 0.217. The lowest BCUT2D eigenvalue weighted by atomic mass is 9.95. The zero-order valence-electron chi connectivity index (χ0n) is 10.3. The van der Waals surface area contributed by atoms with E-state index in [1.54, 1.807) is 0 Å². The summed E-state index contributed by atoms with van der Waals surface area (Å²) in [7, 11) is 0. The fourth-order valence-corrected chi connectivity index (χ4v) is 2.23. The van der Waals surface area contributed by atoms with Crippen LogP contribution in [0.4, 0.5) is 0 Å². The van der Waals surface area contributed by atoms with Gasteiger partial charge in [0.25, 0.3) is 0 Å². The van der Waals surface area contributed by atoms with Crippen LogP contribution in [0.25, 0.3) is 0 Å². The summed E-state index contributed by atoms with van der Waals surface area (Å²) >= 11 is 0. The van der Waals surface area contributed by atoms with Crippen molar-refractivity contribution < 1.29 is 0 Å². The van der Waals surface area contributed by atoms with E-state index in [1.807, 2.05) is 0 Å². The van der Waals surface area contributed by atoms with Crippen molar-refractivity contribution in [2.45, 2.75) is 46.7 Å². The average molecular weight is 198 g/mol. The van der Waals surface area contributed by atoms with Gasteiger partial charge in [0.05, 0.1) is 0 Å². The third-order valence-corrected chi connectivity index (χ3v) is 4.06. The number of hydrogen-bond donors (Lipinski definition) is 1. The molecule has 4 atom stereocenters. The van der Waals surface area contributed by atoms with Crippen LogP contribution in [0, 0.1) is 17.8 Å². The largest absolute Gasteiger partial charge is 0.326 e. The summed E-state index contributed by atoms with van der Waals surface area (Å²) in [5, 5.41) is 0. The Bertz CT molecular complexity index is 179. The highest BCUT2D eigenvalue weighted by atomic mass is 15.2. The Hall–Kier alpha value is -0.0800. The Morgan fingerprint density at radius 3 is 2.21 bits per heavy atom. The number of rotatable bonds is 3. The molecule has 0 aliphatic carbocycles. The van der Waals surface area contributed by atoms with E-state index in [-0.39, 0.29) is 0 Å². The van der Waals surface area contributed by atoms with E-state index in [1.165, 1.54) is 6.54 Å². The maximum Gasteiger partial charge on any atom is 0.0191 e. The second-order valence-electron chi connectivity index (χ2n) is 5.44. The summed E-state index contributed by atoms with van der Waals surface area (Å²) in [6.07, 6.45) is 0. The zero-order valence-corrected chi connectivity index (χ0v) is 10.3. The first-order valence-corrected chi connectivity index (χ1v) is 5.93. The maximum absolute atomic E-state index is 6.11. The van der Waals surface area contributed by atoms with E-state index in [0.717, 1.165) is 18.4 Å². The maximum atomic E-state index is 6.11. The van der Waals surface area contributed by atoms with Gasteiger partial charge in [0.1, 0.15) is 0 Å². The van der Waals surface area contributed by atoms with Gasteiger partial charge in [-0.1, -0.05) is 27.7 Å². The topological polar surface area (TPSA) is 29.3 Å². The standard InChI is InChI=1S/C12H26N2/c1-8(2)12(13)7-14-6-9(3)10(4)11(14)5/h8-12H,6-7,13H2,1-5H3/t9?,10?,11?,12-/m1/s1. The molecule has 0 amide bonds. The Labute approximate surface area is 88.8 Å². The molecule has 2 N–H and O–H groups in total. The lowest BCUT2D eigenvalue weighted by Crippen LogP contribution is -2.42. The molecule has 0 radical (unpaired) electrons. The summed E-state index contributed by atoms with van der Waals surface area (Å²) in [5.74, 6) is 2.23. The Kier molecular flexibility index (Phi) is 3.96. The quantitative estimate of drug-likeness (QED) is 0.751. The predicted molar refractivity (Wildman–Crippen MR) is 62.2 cm³/mol. The van der Waals surface area contributed by atoms with Crippen molar-refractivity contribution in [2.24, 2.45) is 23.5 Å². The molecule has 0 aromatic heterocycles. The minimum atomic E-state index is 0.329. The number of nitrogens with two attached hydrogens (primary N) is 1.